The molecule has 1 aromatic heterocycles. The van der Waals surface area contributed by atoms with Gasteiger partial charge in [0.05, 0.1) is 31.9 Å². The van der Waals surface area contributed by atoms with Crippen molar-refractivity contribution < 1.29 is 24.1 Å². The van der Waals surface area contributed by atoms with Crippen molar-refractivity contribution in [3.63, 3.8) is 0 Å². The zero-order valence-electron chi connectivity index (χ0n) is 19.2. The molecule has 2 heterocycles. The van der Waals surface area contributed by atoms with Crippen molar-refractivity contribution in [2.75, 3.05) is 59.7 Å². The second-order valence-corrected chi connectivity index (χ2v) is 9.40. The highest BCUT2D eigenvalue weighted by Crippen LogP contribution is 2.34. The summed E-state index contributed by atoms with van der Waals surface area (Å²) < 4.78 is 16.6. The SMILES string of the molecule is CCOCC(O)CN(CCOC)CC(=O)N1CCc2sccc2C1COc1ccc(Cl)cc1. The van der Waals surface area contributed by atoms with E-state index in [9.17, 15) is 9.90 Å². The number of rotatable bonds is 13. The largest absolute Gasteiger partial charge is 0.491 e. The molecule has 9 heteroatoms. The Hall–Kier alpha value is -1.68. The molecule has 0 fully saturated rings. The lowest BCUT2D eigenvalue weighted by molar-refractivity contribution is -0.136. The number of benzene rings is 1. The van der Waals surface area contributed by atoms with Crippen LogP contribution in [0.15, 0.2) is 35.7 Å². The standard InChI is InChI=1S/C24H33ClN2O5S/c1-3-31-16-19(28)14-26(11-12-30-2)15-24(29)27-10-8-23-21(9-13-33-23)22(27)17-32-20-6-4-18(25)5-7-20/h4-7,9,13,19,22,28H,3,8,10-12,14-17H2,1-2H3. The van der Waals surface area contributed by atoms with Crippen molar-refractivity contribution in [2.24, 2.45) is 0 Å². The van der Waals surface area contributed by atoms with Gasteiger partial charge in [-0.05, 0) is 54.6 Å². The van der Waals surface area contributed by atoms with Gasteiger partial charge in [0.1, 0.15) is 12.4 Å². The first-order valence-corrected chi connectivity index (χ1v) is 12.5. The molecule has 1 aliphatic heterocycles. The monoisotopic (exact) mass is 496 g/mol. The van der Waals surface area contributed by atoms with E-state index in [1.165, 1.54) is 4.88 Å². The Morgan fingerprint density at radius 2 is 2.12 bits per heavy atom. The van der Waals surface area contributed by atoms with Gasteiger partial charge in [-0.1, -0.05) is 11.6 Å². The highest BCUT2D eigenvalue weighted by molar-refractivity contribution is 7.10. The van der Waals surface area contributed by atoms with Crippen molar-refractivity contribution in [2.45, 2.75) is 25.5 Å². The van der Waals surface area contributed by atoms with Gasteiger partial charge in [0, 0.05) is 43.3 Å². The van der Waals surface area contributed by atoms with Crippen LogP contribution >= 0.6 is 22.9 Å². The average molecular weight is 497 g/mol. The number of hydrogen-bond acceptors (Lipinski definition) is 7. The van der Waals surface area contributed by atoms with Crippen molar-refractivity contribution in [3.05, 3.63) is 51.2 Å². The number of aliphatic hydroxyl groups excluding tert-OH is 1. The third-order valence-corrected chi connectivity index (χ3v) is 6.84. The van der Waals surface area contributed by atoms with Crippen LogP contribution in [0, 0.1) is 0 Å². The molecule has 2 atom stereocenters. The van der Waals surface area contributed by atoms with E-state index in [1.54, 1.807) is 30.6 Å². The number of fused-ring (bicyclic) bond motifs is 1. The van der Waals surface area contributed by atoms with Crippen molar-refractivity contribution in [3.8, 4) is 5.75 Å². The fraction of sp³-hybridized carbons (Fsp3) is 0.542. The van der Waals surface area contributed by atoms with Gasteiger partial charge < -0.3 is 24.2 Å². The number of amides is 1. The lowest BCUT2D eigenvalue weighted by atomic mass is 10.0. The molecule has 1 aromatic carbocycles. The predicted octanol–water partition coefficient (Wildman–Crippen LogP) is 3.25. The molecule has 1 amide bonds. The molecule has 3 rings (SSSR count). The molecule has 0 radical (unpaired) electrons. The zero-order valence-corrected chi connectivity index (χ0v) is 20.8. The summed E-state index contributed by atoms with van der Waals surface area (Å²) in [6.07, 6.45) is 0.171. The van der Waals surface area contributed by atoms with E-state index in [0.29, 0.717) is 44.5 Å². The van der Waals surface area contributed by atoms with Crippen LogP contribution in [-0.2, 0) is 20.7 Å². The third-order valence-electron chi connectivity index (χ3n) is 5.59. The summed E-state index contributed by atoms with van der Waals surface area (Å²) in [5.41, 5.74) is 1.15. The van der Waals surface area contributed by atoms with Gasteiger partial charge in [-0.25, -0.2) is 0 Å². The van der Waals surface area contributed by atoms with E-state index >= 15 is 0 Å². The molecule has 7 nitrogen and oxygen atoms in total. The Morgan fingerprint density at radius 1 is 1.33 bits per heavy atom. The van der Waals surface area contributed by atoms with Crippen LogP contribution in [0.2, 0.25) is 5.02 Å². The van der Waals surface area contributed by atoms with E-state index < -0.39 is 6.10 Å². The highest BCUT2D eigenvalue weighted by atomic mass is 35.5. The fourth-order valence-electron chi connectivity index (χ4n) is 3.92. The first kappa shape index (κ1) is 25.9. The van der Waals surface area contributed by atoms with E-state index in [0.717, 1.165) is 17.7 Å². The molecule has 0 bridgehead atoms. The number of nitrogens with zero attached hydrogens (tertiary/aromatic N) is 2. The van der Waals surface area contributed by atoms with Crippen LogP contribution < -0.4 is 4.74 Å². The third kappa shape index (κ3) is 7.67. The number of carbonyl (C=O) groups excluding carboxylic acids is 1. The molecule has 0 saturated heterocycles. The number of thiophene rings is 1. The number of aliphatic hydroxyl groups is 1. The summed E-state index contributed by atoms with van der Waals surface area (Å²) in [6.45, 7) is 5.25. The van der Waals surface area contributed by atoms with Crippen molar-refractivity contribution in [1.82, 2.24) is 9.80 Å². The minimum atomic E-state index is -0.663. The topological polar surface area (TPSA) is 71.5 Å². The number of halogens is 1. The number of methoxy groups -OCH3 is 1. The molecule has 0 aliphatic carbocycles. The average Bonchev–Trinajstić information content (AvgIpc) is 3.29. The Bertz CT molecular complexity index is 863. The van der Waals surface area contributed by atoms with Gasteiger partial charge in [0.25, 0.3) is 0 Å². The molecule has 1 N–H and O–H groups in total. The highest BCUT2D eigenvalue weighted by Gasteiger charge is 2.33. The Balaban J connectivity index is 1.68. The zero-order chi connectivity index (χ0) is 23.6. The summed E-state index contributed by atoms with van der Waals surface area (Å²) in [5, 5.41) is 13.0. The summed E-state index contributed by atoms with van der Waals surface area (Å²) in [5.74, 6) is 0.728. The Labute approximate surface area is 204 Å². The number of hydrogen-bond donors (Lipinski definition) is 1. The summed E-state index contributed by atoms with van der Waals surface area (Å²) in [7, 11) is 1.63. The lowest BCUT2D eigenvalue weighted by Crippen LogP contribution is -2.48. The summed E-state index contributed by atoms with van der Waals surface area (Å²) in [4.78, 5) is 18.6. The molecule has 0 spiro atoms. The second kappa shape index (κ2) is 13.3. The Kier molecular flexibility index (Phi) is 10.4. The van der Waals surface area contributed by atoms with E-state index in [-0.39, 0.29) is 25.1 Å². The van der Waals surface area contributed by atoms with Crippen LogP contribution in [-0.4, -0.2) is 86.6 Å². The smallest absolute Gasteiger partial charge is 0.237 e. The van der Waals surface area contributed by atoms with Gasteiger partial charge in [-0.3, -0.25) is 9.69 Å². The predicted molar refractivity (Wildman–Crippen MR) is 130 cm³/mol. The molecule has 2 aromatic rings. The quantitative estimate of drug-likeness (QED) is 0.459. The molecular formula is C24H33ClN2O5S. The molecule has 2 unspecified atom stereocenters. The molecule has 0 saturated carbocycles. The molecule has 33 heavy (non-hydrogen) atoms. The van der Waals surface area contributed by atoms with Crippen LogP contribution in [0.1, 0.15) is 23.4 Å². The summed E-state index contributed by atoms with van der Waals surface area (Å²) >= 11 is 7.70. The molecular weight excluding hydrogens is 464 g/mol. The van der Waals surface area contributed by atoms with Gasteiger partial charge in [-0.15, -0.1) is 11.3 Å². The van der Waals surface area contributed by atoms with Crippen LogP contribution in [0.25, 0.3) is 0 Å². The maximum Gasteiger partial charge on any atom is 0.237 e. The van der Waals surface area contributed by atoms with Gasteiger partial charge >= 0.3 is 0 Å². The fourth-order valence-corrected chi connectivity index (χ4v) is 4.98. The second-order valence-electron chi connectivity index (χ2n) is 7.96. The summed E-state index contributed by atoms with van der Waals surface area (Å²) in [6, 6.07) is 9.16. The first-order chi connectivity index (χ1) is 16.0. The van der Waals surface area contributed by atoms with Gasteiger partial charge in [-0.2, -0.15) is 0 Å². The van der Waals surface area contributed by atoms with E-state index in [1.807, 2.05) is 28.9 Å². The molecule has 182 valence electrons. The maximum atomic E-state index is 13.4. The van der Waals surface area contributed by atoms with Crippen LogP contribution in [0.5, 0.6) is 5.75 Å². The van der Waals surface area contributed by atoms with Gasteiger partial charge in [0.2, 0.25) is 5.91 Å². The van der Waals surface area contributed by atoms with E-state index in [4.69, 9.17) is 25.8 Å². The van der Waals surface area contributed by atoms with Crippen LogP contribution in [0.4, 0.5) is 0 Å². The molecule has 1 aliphatic rings. The minimum Gasteiger partial charge on any atom is -0.491 e. The number of carbonyl (C=O) groups is 1. The minimum absolute atomic E-state index is 0.0104. The van der Waals surface area contributed by atoms with Crippen molar-refractivity contribution >= 4 is 28.8 Å². The van der Waals surface area contributed by atoms with E-state index in [2.05, 4.69) is 11.4 Å². The van der Waals surface area contributed by atoms with Crippen LogP contribution in [0.3, 0.4) is 0 Å². The maximum absolute atomic E-state index is 13.4. The normalized spacial score (nSPS) is 16.6. The Morgan fingerprint density at radius 3 is 2.85 bits per heavy atom. The van der Waals surface area contributed by atoms with Crippen molar-refractivity contribution in [1.29, 1.82) is 0 Å². The van der Waals surface area contributed by atoms with Gasteiger partial charge in [0.15, 0.2) is 0 Å². The lowest BCUT2D eigenvalue weighted by Gasteiger charge is -2.37. The number of ether oxygens (including phenoxy) is 3. The first-order valence-electron chi connectivity index (χ1n) is 11.2.